The van der Waals surface area contributed by atoms with E-state index in [9.17, 15) is 18.7 Å². The van der Waals surface area contributed by atoms with E-state index in [2.05, 4.69) is 5.32 Å². The number of hydrogen-bond acceptors (Lipinski definition) is 2. The van der Waals surface area contributed by atoms with Crippen LogP contribution in [-0.4, -0.2) is 34.2 Å². The Morgan fingerprint density at radius 3 is 2.48 bits per heavy atom. The predicted molar refractivity (Wildman–Crippen MR) is 81.7 cm³/mol. The number of hydrogen-bond donors (Lipinski definition) is 2. The van der Waals surface area contributed by atoms with Crippen molar-refractivity contribution in [2.45, 2.75) is 63.3 Å². The van der Waals surface area contributed by atoms with E-state index in [1.165, 1.54) is 12.1 Å². The molecule has 0 spiro atoms. The van der Waals surface area contributed by atoms with Crippen LogP contribution < -0.4 is 5.32 Å². The summed E-state index contributed by atoms with van der Waals surface area (Å²) < 4.78 is 26.8. The van der Waals surface area contributed by atoms with Crippen molar-refractivity contribution in [1.82, 2.24) is 10.2 Å². The third-order valence-corrected chi connectivity index (χ3v) is 4.63. The molecule has 0 atom stereocenters. The third kappa shape index (κ3) is 4.19. The van der Waals surface area contributed by atoms with Gasteiger partial charge in [0.2, 0.25) is 0 Å². The molecule has 2 saturated carbocycles. The minimum Gasteiger partial charge on any atom is -0.393 e. The molecule has 0 aromatic heterocycles. The molecule has 0 heterocycles. The van der Waals surface area contributed by atoms with E-state index < -0.39 is 11.6 Å². The van der Waals surface area contributed by atoms with Crippen LogP contribution >= 0.6 is 0 Å². The second kappa shape index (κ2) is 6.83. The lowest BCUT2D eigenvalue weighted by Crippen LogP contribution is -2.47. The molecule has 2 aliphatic rings. The maximum atomic E-state index is 13.8. The maximum absolute atomic E-state index is 13.8. The molecular weight excluding hydrogens is 302 g/mol. The van der Waals surface area contributed by atoms with Crippen molar-refractivity contribution in [2.24, 2.45) is 0 Å². The van der Waals surface area contributed by atoms with E-state index in [4.69, 9.17) is 0 Å². The van der Waals surface area contributed by atoms with Crippen LogP contribution in [0.15, 0.2) is 18.2 Å². The molecule has 0 bridgehead atoms. The van der Waals surface area contributed by atoms with Gasteiger partial charge >= 0.3 is 6.03 Å². The van der Waals surface area contributed by atoms with E-state index in [0.29, 0.717) is 18.4 Å². The lowest BCUT2D eigenvalue weighted by atomic mass is 9.93. The van der Waals surface area contributed by atoms with E-state index in [-0.39, 0.29) is 30.8 Å². The molecule has 0 radical (unpaired) electrons. The van der Waals surface area contributed by atoms with Crippen LogP contribution in [0.3, 0.4) is 0 Å². The Kier molecular flexibility index (Phi) is 4.80. The second-order valence-corrected chi connectivity index (χ2v) is 6.55. The van der Waals surface area contributed by atoms with Crippen LogP contribution in [0.2, 0.25) is 0 Å². The molecule has 126 valence electrons. The quantitative estimate of drug-likeness (QED) is 0.895. The van der Waals surface area contributed by atoms with Crippen LogP contribution in [-0.2, 0) is 6.54 Å². The van der Waals surface area contributed by atoms with Crippen LogP contribution in [0, 0.1) is 11.6 Å². The number of carbonyl (C=O) groups excluding carboxylic acids is 1. The van der Waals surface area contributed by atoms with Crippen molar-refractivity contribution >= 4 is 6.03 Å². The van der Waals surface area contributed by atoms with Gasteiger partial charge in [0.25, 0.3) is 0 Å². The zero-order valence-electron chi connectivity index (χ0n) is 13.0. The van der Waals surface area contributed by atoms with Crippen molar-refractivity contribution in [2.75, 3.05) is 0 Å². The number of nitrogens with zero attached hydrogens (tertiary/aromatic N) is 1. The summed E-state index contributed by atoms with van der Waals surface area (Å²) >= 11 is 0. The van der Waals surface area contributed by atoms with Gasteiger partial charge in [-0.1, -0.05) is 6.07 Å². The minimum absolute atomic E-state index is 0.0604. The van der Waals surface area contributed by atoms with Crippen molar-refractivity contribution < 1.29 is 18.7 Å². The van der Waals surface area contributed by atoms with Gasteiger partial charge < -0.3 is 15.3 Å². The number of aliphatic hydroxyl groups excluding tert-OH is 1. The molecule has 0 saturated heterocycles. The molecule has 0 aliphatic heterocycles. The first-order valence-electron chi connectivity index (χ1n) is 8.22. The van der Waals surface area contributed by atoms with Crippen LogP contribution in [0.25, 0.3) is 0 Å². The highest BCUT2D eigenvalue weighted by Crippen LogP contribution is 2.29. The fourth-order valence-electron chi connectivity index (χ4n) is 3.06. The first kappa shape index (κ1) is 16.2. The summed E-state index contributed by atoms with van der Waals surface area (Å²) in [4.78, 5) is 14.2. The highest BCUT2D eigenvalue weighted by molar-refractivity contribution is 5.75. The minimum atomic E-state index is -0.621. The summed E-state index contributed by atoms with van der Waals surface area (Å²) in [6.07, 6.45) is 4.48. The van der Waals surface area contributed by atoms with Gasteiger partial charge in [0.05, 0.1) is 12.6 Å². The van der Waals surface area contributed by atoms with Gasteiger partial charge in [0, 0.05) is 23.7 Å². The van der Waals surface area contributed by atoms with Gasteiger partial charge in [0.15, 0.2) is 0 Å². The molecule has 2 N–H and O–H groups in total. The average Bonchev–Trinajstić information content (AvgIpc) is 3.33. The van der Waals surface area contributed by atoms with Crippen LogP contribution in [0.5, 0.6) is 0 Å². The fraction of sp³-hybridized carbons (Fsp3) is 0.588. The van der Waals surface area contributed by atoms with E-state index >= 15 is 0 Å². The summed E-state index contributed by atoms with van der Waals surface area (Å²) in [6.45, 7) is 0.151. The normalized spacial score (nSPS) is 24.3. The van der Waals surface area contributed by atoms with E-state index in [0.717, 1.165) is 31.7 Å². The molecule has 2 aliphatic carbocycles. The van der Waals surface area contributed by atoms with Crippen molar-refractivity contribution in [3.8, 4) is 0 Å². The summed E-state index contributed by atoms with van der Waals surface area (Å²) in [5, 5.41) is 12.5. The Balaban J connectivity index is 1.63. The van der Waals surface area contributed by atoms with Crippen molar-refractivity contribution in [1.29, 1.82) is 0 Å². The van der Waals surface area contributed by atoms with Crippen LogP contribution in [0.4, 0.5) is 13.6 Å². The Labute approximate surface area is 134 Å². The zero-order valence-corrected chi connectivity index (χ0v) is 13.0. The maximum Gasteiger partial charge on any atom is 0.318 e. The summed E-state index contributed by atoms with van der Waals surface area (Å²) in [7, 11) is 0. The molecular formula is C17H22F2N2O2. The number of halogens is 2. The SMILES string of the molecule is O=C(NC1CCC(O)CC1)N(Cc1ccc(F)cc1F)C1CC1. The van der Waals surface area contributed by atoms with Gasteiger partial charge in [-0.3, -0.25) is 0 Å². The number of carbonyl (C=O) groups is 1. The molecule has 4 nitrogen and oxygen atoms in total. The second-order valence-electron chi connectivity index (χ2n) is 6.55. The van der Waals surface area contributed by atoms with Gasteiger partial charge in [-0.25, -0.2) is 13.6 Å². The summed E-state index contributed by atoms with van der Waals surface area (Å²) in [5.41, 5.74) is 0.326. The number of nitrogens with one attached hydrogen (secondary N) is 1. The Bertz CT molecular complexity index is 570. The molecule has 1 aromatic carbocycles. The van der Waals surface area contributed by atoms with Crippen molar-refractivity contribution in [3.05, 3.63) is 35.4 Å². The summed E-state index contributed by atoms with van der Waals surface area (Å²) in [5.74, 6) is -1.24. The molecule has 0 unspecified atom stereocenters. The highest BCUT2D eigenvalue weighted by atomic mass is 19.1. The third-order valence-electron chi connectivity index (χ3n) is 4.63. The molecule has 3 rings (SSSR count). The first-order chi connectivity index (χ1) is 11.0. The Hall–Kier alpha value is -1.69. The largest absolute Gasteiger partial charge is 0.393 e. The first-order valence-corrected chi connectivity index (χ1v) is 8.22. The molecule has 2 amide bonds. The van der Waals surface area contributed by atoms with Gasteiger partial charge in [0.1, 0.15) is 11.6 Å². The number of aliphatic hydroxyl groups is 1. The van der Waals surface area contributed by atoms with Crippen molar-refractivity contribution in [3.63, 3.8) is 0 Å². The molecule has 6 heteroatoms. The van der Waals surface area contributed by atoms with Crippen LogP contribution in [0.1, 0.15) is 44.1 Å². The van der Waals surface area contributed by atoms with Gasteiger partial charge in [-0.15, -0.1) is 0 Å². The van der Waals surface area contributed by atoms with Gasteiger partial charge in [-0.05, 0) is 44.6 Å². The standard InChI is InChI=1S/C17H22F2N2O2/c18-12-2-1-11(16(19)9-12)10-21(14-5-6-14)17(23)20-13-3-7-15(22)8-4-13/h1-2,9,13-15,22H,3-8,10H2,(H,20,23). The van der Waals surface area contributed by atoms with E-state index in [1.54, 1.807) is 4.90 Å². The summed E-state index contributed by atoms with van der Waals surface area (Å²) in [6, 6.07) is 3.45. The zero-order chi connectivity index (χ0) is 16.4. The monoisotopic (exact) mass is 324 g/mol. The highest BCUT2D eigenvalue weighted by Gasteiger charge is 2.34. The number of rotatable bonds is 4. The number of benzene rings is 1. The van der Waals surface area contributed by atoms with Gasteiger partial charge in [-0.2, -0.15) is 0 Å². The van der Waals surface area contributed by atoms with E-state index in [1.807, 2.05) is 0 Å². The predicted octanol–water partition coefficient (Wildman–Crippen LogP) is 2.94. The molecule has 23 heavy (non-hydrogen) atoms. The Morgan fingerprint density at radius 1 is 1.17 bits per heavy atom. The molecule has 2 fully saturated rings. The number of urea groups is 1. The average molecular weight is 324 g/mol. The Morgan fingerprint density at radius 2 is 1.87 bits per heavy atom. The fourth-order valence-corrected chi connectivity index (χ4v) is 3.06. The topological polar surface area (TPSA) is 52.6 Å². The lowest BCUT2D eigenvalue weighted by Gasteiger charge is -2.30. The number of amides is 2. The lowest BCUT2D eigenvalue weighted by molar-refractivity contribution is 0.114. The smallest absolute Gasteiger partial charge is 0.318 e. The molecule has 1 aromatic rings.